The molecule has 0 aromatic heterocycles. The molecule has 0 radical (unpaired) electrons. The van der Waals surface area contributed by atoms with Gasteiger partial charge in [-0.15, -0.1) is 0 Å². The Morgan fingerprint density at radius 1 is 1.29 bits per heavy atom. The fourth-order valence-electron chi connectivity index (χ4n) is 2.53. The summed E-state index contributed by atoms with van der Waals surface area (Å²) in [5, 5.41) is 9.64. The molecule has 14 heavy (non-hydrogen) atoms. The lowest BCUT2D eigenvalue weighted by atomic mass is 9.61. The van der Waals surface area contributed by atoms with Crippen LogP contribution in [0.15, 0.2) is 0 Å². The highest BCUT2D eigenvalue weighted by Crippen LogP contribution is 2.49. The van der Waals surface area contributed by atoms with E-state index in [1.807, 2.05) is 0 Å². The molecule has 0 bridgehead atoms. The predicted molar refractivity (Wildman–Crippen MR) is 53.3 cm³/mol. The molecule has 0 amide bonds. The van der Waals surface area contributed by atoms with Gasteiger partial charge in [-0.05, 0) is 31.1 Å². The van der Waals surface area contributed by atoms with Crippen molar-refractivity contribution < 1.29 is 13.5 Å². The number of aliphatic hydroxyl groups excluding tert-OH is 1. The van der Waals surface area contributed by atoms with E-state index in [2.05, 4.69) is 0 Å². The van der Waals surface area contributed by atoms with Crippen molar-refractivity contribution >= 4 is 10.0 Å². The van der Waals surface area contributed by atoms with Crippen LogP contribution in [0.3, 0.4) is 0 Å². The molecule has 2 aliphatic rings. The number of hydrogen-bond donors (Lipinski definition) is 1. The normalized spacial score (nSPS) is 32.9. The van der Waals surface area contributed by atoms with E-state index in [4.69, 9.17) is 0 Å². The Balaban J connectivity index is 1.99. The quantitative estimate of drug-likeness (QED) is 0.684. The maximum absolute atomic E-state index is 11.2. The van der Waals surface area contributed by atoms with Crippen LogP contribution in [0.4, 0.5) is 0 Å². The lowest BCUT2D eigenvalue weighted by Gasteiger charge is -2.51. The lowest BCUT2D eigenvalue weighted by molar-refractivity contribution is -0.0910. The van der Waals surface area contributed by atoms with E-state index < -0.39 is 10.0 Å². The summed E-state index contributed by atoms with van der Waals surface area (Å²) in [5.41, 5.74) is 0.0567. The molecule has 82 valence electrons. The van der Waals surface area contributed by atoms with E-state index in [1.165, 1.54) is 10.6 Å². The fraction of sp³-hybridized carbons (Fsp3) is 1.00. The molecule has 2 rings (SSSR count). The molecule has 1 atom stereocenters. The number of sulfonamides is 1. The highest BCUT2D eigenvalue weighted by Gasteiger charge is 2.48. The van der Waals surface area contributed by atoms with Crippen LogP contribution in [0.25, 0.3) is 0 Å². The molecular formula is C9H17NO3S. The summed E-state index contributed by atoms with van der Waals surface area (Å²) in [5.74, 6) is 0. The van der Waals surface area contributed by atoms with Crippen LogP contribution in [0, 0.1) is 5.41 Å². The second-order valence-electron chi connectivity index (χ2n) is 4.58. The monoisotopic (exact) mass is 219 g/mol. The average Bonchev–Trinajstić information content (AvgIpc) is 2.14. The van der Waals surface area contributed by atoms with Crippen molar-refractivity contribution in [3.63, 3.8) is 0 Å². The molecule has 1 saturated heterocycles. The first kappa shape index (κ1) is 10.4. The molecule has 5 heteroatoms. The number of rotatable bonds is 1. The Kier molecular flexibility index (Phi) is 2.36. The van der Waals surface area contributed by atoms with Gasteiger partial charge >= 0.3 is 0 Å². The number of hydrogen-bond acceptors (Lipinski definition) is 3. The van der Waals surface area contributed by atoms with E-state index in [0.29, 0.717) is 13.1 Å². The minimum absolute atomic E-state index is 0.0567. The van der Waals surface area contributed by atoms with Crippen LogP contribution in [-0.4, -0.2) is 43.3 Å². The Bertz CT molecular complexity index is 317. The van der Waals surface area contributed by atoms with Gasteiger partial charge in [-0.1, -0.05) is 0 Å². The molecule has 2 fully saturated rings. The first-order valence-corrected chi connectivity index (χ1v) is 6.92. The maximum Gasteiger partial charge on any atom is 0.211 e. The number of nitrogens with zero attached hydrogens (tertiary/aromatic N) is 1. The number of aliphatic hydroxyl groups is 1. The molecule has 1 aliphatic carbocycles. The molecule has 1 aliphatic heterocycles. The van der Waals surface area contributed by atoms with Crippen molar-refractivity contribution in [2.24, 2.45) is 5.41 Å². The fourth-order valence-corrected chi connectivity index (χ4v) is 3.37. The third-order valence-corrected chi connectivity index (χ3v) is 5.11. The van der Waals surface area contributed by atoms with Crippen molar-refractivity contribution in [1.29, 1.82) is 0 Å². The van der Waals surface area contributed by atoms with E-state index in [0.717, 1.165) is 25.7 Å². The summed E-state index contributed by atoms with van der Waals surface area (Å²) in [6.45, 7) is 1.16. The summed E-state index contributed by atoms with van der Waals surface area (Å²) < 4.78 is 24.0. The van der Waals surface area contributed by atoms with Gasteiger partial charge in [0.15, 0.2) is 0 Å². The van der Waals surface area contributed by atoms with Crippen molar-refractivity contribution in [3.8, 4) is 0 Å². The van der Waals surface area contributed by atoms with Crippen molar-refractivity contribution in [1.82, 2.24) is 4.31 Å². The minimum Gasteiger partial charge on any atom is -0.393 e. The smallest absolute Gasteiger partial charge is 0.211 e. The van der Waals surface area contributed by atoms with Crippen molar-refractivity contribution in [3.05, 3.63) is 0 Å². The van der Waals surface area contributed by atoms with Gasteiger partial charge in [0, 0.05) is 13.1 Å². The third-order valence-electron chi connectivity index (χ3n) is 3.81. The predicted octanol–water partition coefficient (Wildman–Crippen LogP) is 0.183. The largest absolute Gasteiger partial charge is 0.393 e. The first-order chi connectivity index (χ1) is 6.44. The Morgan fingerprint density at radius 2 is 1.86 bits per heavy atom. The molecule has 1 saturated carbocycles. The molecule has 0 aromatic carbocycles. The lowest BCUT2D eigenvalue weighted by Crippen LogP contribution is -2.53. The van der Waals surface area contributed by atoms with Crippen LogP contribution < -0.4 is 0 Å². The average molecular weight is 219 g/mol. The van der Waals surface area contributed by atoms with Gasteiger partial charge in [-0.25, -0.2) is 12.7 Å². The van der Waals surface area contributed by atoms with Crippen LogP contribution in [0.5, 0.6) is 0 Å². The first-order valence-electron chi connectivity index (χ1n) is 5.07. The van der Waals surface area contributed by atoms with E-state index in [9.17, 15) is 13.5 Å². The van der Waals surface area contributed by atoms with Gasteiger partial charge in [-0.2, -0.15) is 0 Å². The number of piperidine rings is 1. The topological polar surface area (TPSA) is 57.6 Å². The Morgan fingerprint density at radius 3 is 2.14 bits per heavy atom. The third kappa shape index (κ3) is 1.57. The van der Waals surface area contributed by atoms with Gasteiger partial charge in [0.25, 0.3) is 0 Å². The zero-order valence-electron chi connectivity index (χ0n) is 8.44. The second kappa shape index (κ2) is 3.18. The molecule has 0 aromatic rings. The maximum atomic E-state index is 11.2. The van der Waals surface area contributed by atoms with Crippen LogP contribution >= 0.6 is 0 Å². The van der Waals surface area contributed by atoms with E-state index in [1.54, 1.807) is 0 Å². The SMILES string of the molecule is CS(=O)(=O)N1CCC2(CCC2O)CC1. The summed E-state index contributed by atoms with van der Waals surface area (Å²) in [7, 11) is -3.03. The van der Waals surface area contributed by atoms with Gasteiger partial charge < -0.3 is 5.11 Å². The zero-order chi connectivity index (χ0) is 10.4. The summed E-state index contributed by atoms with van der Waals surface area (Å²) in [4.78, 5) is 0. The molecule has 1 unspecified atom stereocenters. The highest BCUT2D eigenvalue weighted by molar-refractivity contribution is 7.88. The Hall–Kier alpha value is -0.130. The molecule has 1 N–H and O–H groups in total. The summed E-state index contributed by atoms with van der Waals surface area (Å²) in [6.07, 6.45) is 4.65. The van der Waals surface area contributed by atoms with Crippen LogP contribution in [-0.2, 0) is 10.0 Å². The Labute approximate surface area is 85.0 Å². The summed E-state index contributed by atoms with van der Waals surface area (Å²) in [6, 6.07) is 0. The van der Waals surface area contributed by atoms with E-state index in [-0.39, 0.29) is 11.5 Å². The van der Waals surface area contributed by atoms with Crippen molar-refractivity contribution in [2.45, 2.75) is 31.8 Å². The van der Waals surface area contributed by atoms with Gasteiger partial charge in [0.2, 0.25) is 10.0 Å². The highest BCUT2D eigenvalue weighted by atomic mass is 32.2. The van der Waals surface area contributed by atoms with Gasteiger partial charge in [-0.3, -0.25) is 0 Å². The van der Waals surface area contributed by atoms with Crippen LogP contribution in [0.2, 0.25) is 0 Å². The minimum atomic E-state index is -3.03. The molecule has 1 spiro atoms. The van der Waals surface area contributed by atoms with Gasteiger partial charge in [0.1, 0.15) is 0 Å². The standard InChI is InChI=1S/C9H17NO3S/c1-14(12,13)10-6-4-9(5-7-10)3-2-8(9)11/h8,11H,2-7H2,1H3. The van der Waals surface area contributed by atoms with Gasteiger partial charge in [0.05, 0.1) is 12.4 Å². The molecular weight excluding hydrogens is 202 g/mol. The van der Waals surface area contributed by atoms with Crippen molar-refractivity contribution in [2.75, 3.05) is 19.3 Å². The van der Waals surface area contributed by atoms with E-state index >= 15 is 0 Å². The molecule has 4 nitrogen and oxygen atoms in total. The zero-order valence-corrected chi connectivity index (χ0v) is 9.26. The molecule has 1 heterocycles. The second-order valence-corrected chi connectivity index (χ2v) is 6.56. The van der Waals surface area contributed by atoms with Crippen LogP contribution in [0.1, 0.15) is 25.7 Å². The summed E-state index contributed by atoms with van der Waals surface area (Å²) >= 11 is 0.